The Bertz CT molecular complexity index is 1020. The zero-order chi connectivity index (χ0) is 18.2. The fraction of sp³-hybridized carbons (Fsp3) is 0.111. The highest BCUT2D eigenvalue weighted by molar-refractivity contribution is 8.00. The van der Waals surface area contributed by atoms with Gasteiger partial charge in [-0.05, 0) is 43.7 Å². The number of nitrogens with zero attached hydrogens (tertiary/aromatic N) is 1. The quantitative estimate of drug-likeness (QED) is 0.819. The molecule has 128 valence electrons. The highest BCUT2D eigenvalue weighted by Gasteiger charge is 2.31. The molecule has 0 aliphatic carbocycles. The van der Waals surface area contributed by atoms with Gasteiger partial charge in [0.05, 0.1) is 0 Å². The van der Waals surface area contributed by atoms with Crippen LogP contribution in [-0.2, 0) is 10.0 Å². The number of benzene rings is 2. The van der Waals surface area contributed by atoms with Gasteiger partial charge in [-0.15, -0.1) is 4.40 Å². The molecule has 0 saturated heterocycles. The van der Waals surface area contributed by atoms with E-state index in [1.54, 1.807) is 55.5 Å². The molecule has 25 heavy (non-hydrogen) atoms. The Balaban J connectivity index is 1.99. The molecule has 5 nitrogen and oxygen atoms in total. The molecule has 0 atom stereocenters. The molecule has 0 fully saturated rings. The molecular weight excluding hydrogens is 360 g/mol. The maximum Gasteiger partial charge on any atom is 0.285 e. The van der Waals surface area contributed by atoms with Gasteiger partial charge in [0.15, 0.2) is 5.78 Å². The van der Waals surface area contributed by atoms with Gasteiger partial charge >= 0.3 is 0 Å². The minimum absolute atomic E-state index is 0.0706. The first-order valence-corrected chi connectivity index (χ1v) is 9.30. The Morgan fingerprint density at radius 3 is 2.44 bits per heavy atom. The van der Waals surface area contributed by atoms with Crippen LogP contribution in [0, 0.1) is 0 Å². The number of carbonyl (C=O) groups is 1. The number of nitrogens with one attached hydrogen (secondary N) is 1. The maximum absolute atomic E-state index is 12.5. The molecule has 0 aromatic heterocycles. The van der Waals surface area contributed by atoms with Crippen molar-refractivity contribution < 1.29 is 13.2 Å². The van der Waals surface area contributed by atoms with Crippen molar-refractivity contribution in [2.24, 2.45) is 4.40 Å². The number of hydrogen-bond acceptors (Lipinski definition) is 4. The first-order valence-electron chi connectivity index (χ1n) is 7.48. The van der Waals surface area contributed by atoms with Crippen LogP contribution in [0.15, 0.2) is 58.5 Å². The number of anilines is 1. The third-order valence-corrected chi connectivity index (χ3v) is 5.54. The van der Waals surface area contributed by atoms with E-state index in [9.17, 15) is 13.2 Å². The molecule has 0 amide bonds. The number of sulfonamides is 1. The van der Waals surface area contributed by atoms with Crippen molar-refractivity contribution in [2.75, 3.05) is 5.32 Å². The number of halogens is 1. The first-order chi connectivity index (χ1) is 11.8. The number of Topliss-reactive ketones (excluding diaryl/α,β-unsaturated/α-hetero) is 1. The van der Waals surface area contributed by atoms with E-state index < -0.39 is 10.0 Å². The fourth-order valence-corrected chi connectivity index (χ4v) is 4.13. The summed E-state index contributed by atoms with van der Waals surface area (Å²) in [6, 6.07) is 13.4. The molecular formula is C18H15ClN2O3S. The lowest BCUT2D eigenvalue weighted by molar-refractivity contribution is 0.101. The molecule has 2 aromatic carbocycles. The molecule has 0 bridgehead atoms. The number of carbonyl (C=O) groups excluding carboxylic acids is 1. The normalized spacial score (nSPS) is 15.9. The third kappa shape index (κ3) is 3.50. The molecule has 2 aromatic rings. The van der Waals surface area contributed by atoms with Gasteiger partial charge in [0.25, 0.3) is 10.0 Å². The predicted octanol–water partition coefficient (Wildman–Crippen LogP) is 4.13. The molecule has 0 radical (unpaired) electrons. The summed E-state index contributed by atoms with van der Waals surface area (Å²) < 4.78 is 28.8. The molecule has 7 heteroatoms. The van der Waals surface area contributed by atoms with Crippen molar-refractivity contribution in [3.05, 3.63) is 70.3 Å². The van der Waals surface area contributed by atoms with Gasteiger partial charge in [-0.3, -0.25) is 4.79 Å². The first kappa shape index (κ1) is 17.4. The topological polar surface area (TPSA) is 75.6 Å². The van der Waals surface area contributed by atoms with Crippen LogP contribution in [0.25, 0.3) is 4.91 Å². The Hall–Kier alpha value is -2.44. The van der Waals surface area contributed by atoms with E-state index in [2.05, 4.69) is 9.71 Å². The van der Waals surface area contributed by atoms with Gasteiger partial charge in [-0.1, -0.05) is 35.9 Å². The zero-order valence-electron chi connectivity index (χ0n) is 13.6. The smallest absolute Gasteiger partial charge is 0.285 e. The van der Waals surface area contributed by atoms with Crippen LogP contribution in [0.1, 0.15) is 29.8 Å². The van der Waals surface area contributed by atoms with E-state index in [-0.39, 0.29) is 16.5 Å². The van der Waals surface area contributed by atoms with Crippen molar-refractivity contribution in [1.82, 2.24) is 0 Å². The summed E-state index contributed by atoms with van der Waals surface area (Å²) in [5, 5.41) is 3.51. The summed E-state index contributed by atoms with van der Waals surface area (Å²) in [6.07, 6.45) is 0. The molecule has 1 aliphatic heterocycles. The van der Waals surface area contributed by atoms with Crippen molar-refractivity contribution in [3.8, 4) is 0 Å². The van der Waals surface area contributed by atoms with Gasteiger partial charge in [-0.25, -0.2) is 0 Å². The Labute approximate surface area is 151 Å². The zero-order valence-corrected chi connectivity index (χ0v) is 15.1. The largest absolute Gasteiger partial charge is 0.339 e. The van der Waals surface area contributed by atoms with Crippen LogP contribution in [0.5, 0.6) is 0 Å². The average molecular weight is 375 g/mol. The van der Waals surface area contributed by atoms with Gasteiger partial charge < -0.3 is 5.32 Å². The van der Waals surface area contributed by atoms with Crippen molar-refractivity contribution in [3.63, 3.8) is 0 Å². The lowest BCUT2D eigenvalue weighted by Crippen LogP contribution is -2.11. The molecule has 0 saturated carbocycles. The molecule has 1 aliphatic rings. The van der Waals surface area contributed by atoms with Crippen molar-refractivity contribution in [2.45, 2.75) is 13.8 Å². The molecule has 1 heterocycles. The van der Waals surface area contributed by atoms with E-state index >= 15 is 0 Å². The Kier molecular flexibility index (Phi) is 4.49. The fourth-order valence-electron chi connectivity index (χ4n) is 2.57. The summed E-state index contributed by atoms with van der Waals surface area (Å²) in [4.78, 5) is 11.6. The SMILES string of the molecule is CC(=O)c1cccc(NC2=NS(=O)(=O)C(c3ccc(Cl)cc3)=C2C)c1. The Morgan fingerprint density at radius 2 is 1.80 bits per heavy atom. The van der Waals surface area contributed by atoms with E-state index in [1.807, 2.05) is 0 Å². The second kappa shape index (κ2) is 6.46. The van der Waals surface area contributed by atoms with E-state index in [1.165, 1.54) is 6.92 Å². The van der Waals surface area contributed by atoms with E-state index in [0.717, 1.165) is 0 Å². The minimum Gasteiger partial charge on any atom is -0.339 e. The van der Waals surface area contributed by atoms with Gasteiger partial charge in [0.2, 0.25) is 0 Å². The number of hydrogen-bond donors (Lipinski definition) is 1. The van der Waals surface area contributed by atoms with Crippen LogP contribution in [-0.4, -0.2) is 20.0 Å². The van der Waals surface area contributed by atoms with Crippen molar-refractivity contribution >= 4 is 43.8 Å². The predicted molar refractivity (Wildman–Crippen MR) is 100 cm³/mol. The Morgan fingerprint density at radius 1 is 1.12 bits per heavy atom. The lowest BCUT2D eigenvalue weighted by atomic mass is 10.1. The second-order valence-electron chi connectivity index (χ2n) is 5.64. The maximum atomic E-state index is 12.5. The number of ketones is 1. The molecule has 0 spiro atoms. The number of rotatable bonds is 3. The summed E-state index contributed by atoms with van der Waals surface area (Å²) in [5.41, 5.74) is 2.17. The average Bonchev–Trinajstić information content (AvgIpc) is 2.78. The summed E-state index contributed by atoms with van der Waals surface area (Å²) in [6.45, 7) is 3.16. The monoisotopic (exact) mass is 374 g/mol. The molecule has 3 rings (SSSR count). The van der Waals surface area contributed by atoms with Crippen LogP contribution in [0.2, 0.25) is 5.02 Å². The summed E-state index contributed by atoms with van der Waals surface area (Å²) in [7, 11) is -3.80. The summed E-state index contributed by atoms with van der Waals surface area (Å²) in [5.74, 6) is 0.171. The lowest BCUT2D eigenvalue weighted by Gasteiger charge is -2.08. The highest BCUT2D eigenvalue weighted by Crippen LogP contribution is 2.33. The van der Waals surface area contributed by atoms with Gasteiger partial charge in [0.1, 0.15) is 10.7 Å². The number of amidine groups is 1. The highest BCUT2D eigenvalue weighted by atomic mass is 35.5. The van der Waals surface area contributed by atoms with E-state index in [0.29, 0.717) is 27.4 Å². The van der Waals surface area contributed by atoms with Crippen LogP contribution >= 0.6 is 11.6 Å². The minimum atomic E-state index is -3.80. The third-order valence-electron chi connectivity index (χ3n) is 3.80. The second-order valence-corrected chi connectivity index (χ2v) is 7.62. The van der Waals surface area contributed by atoms with Crippen LogP contribution in [0.4, 0.5) is 5.69 Å². The molecule has 1 N–H and O–H groups in total. The summed E-state index contributed by atoms with van der Waals surface area (Å²) >= 11 is 5.87. The standard InChI is InChI=1S/C18H15ClN2O3S/c1-11-17(13-6-8-15(19)9-7-13)25(23,24)21-18(11)20-16-5-3-4-14(10-16)12(2)22/h3-10H,1-2H3,(H,20,21). The van der Waals surface area contributed by atoms with Crippen LogP contribution in [0.3, 0.4) is 0 Å². The molecule has 0 unspecified atom stereocenters. The van der Waals surface area contributed by atoms with Gasteiger partial charge in [0, 0.05) is 21.8 Å². The van der Waals surface area contributed by atoms with E-state index in [4.69, 9.17) is 11.6 Å². The van der Waals surface area contributed by atoms with Gasteiger partial charge in [-0.2, -0.15) is 8.42 Å². The van der Waals surface area contributed by atoms with Crippen LogP contribution < -0.4 is 5.32 Å². The van der Waals surface area contributed by atoms with Crippen molar-refractivity contribution in [1.29, 1.82) is 0 Å².